The van der Waals surface area contributed by atoms with Crippen LogP contribution in [-0.2, 0) is 0 Å². The number of hydrogen-bond acceptors (Lipinski definition) is 2. The third-order valence-corrected chi connectivity index (χ3v) is 3.60. The first-order valence-corrected chi connectivity index (χ1v) is 6.82. The van der Waals surface area contributed by atoms with Gasteiger partial charge in [-0.1, -0.05) is 6.07 Å². The SMILES string of the molecule is COc1cc(C)ccc1NC(=S)N1CCCCC1. The van der Waals surface area contributed by atoms with Crippen molar-refractivity contribution < 1.29 is 4.74 Å². The molecule has 0 atom stereocenters. The van der Waals surface area contributed by atoms with Gasteiger partial charge in [-0.25, -0.2) is 0 Å². The molecule has 0 bridgehead atoms. The van der Waals surface area contributed by atoms with Crippen LogP contribution in [0, 0.1) is 6.92 Å². The normalized spacial score (nSPS) is 15.3. The van der Waals surface area contributed by atoms with Gasteiger partial charge in [-0.05, 0) is 56.1 Å². The number of piperidine rings is 1. The maximum Gasteiger partial charge on any atom is 0.173 e. The Balaban J connectivity index is 2.06. The number of benzene rings is 1. The molecule has 4 heteroatoms. The van der Waals surface area contributed by atoms with Crippen LogP contribution >= 0.6 is 12.2 Å². The number of anilines is 1. The van der Waals surface area contributed by atoms with E-state index in [1.165, 1.54) is 24.8 Å². The molecule has 18 heavy (non-hydrogen) atoms. The van der Waals surface area contributed by atoms with Crippen LogP contribution in [-0.4, -0.2) is 30.2 Å². The molecule has 1 heterocycles. The molecule has 3 nitrogen and oxygen atoms in total. The van der Waals surface area contributed by atoms with Gasteiger partial charge in [0.15, 0.2) is 5.11 Å². The molecule has 1 aromatic rings. The van der Waals surface area contributed by atoms with Gasteiger partial charge >= 0.3 is 0 Å². The molecule has 1 aliphatic rings. The van der Waals surface area contributed by atoms with Crippen molar-refractivity contribution >= 4 is 23.0 Å². The lowest BCUT2D eigenvalue weighted by molar-refractivity contribution is 0.346. The summed E-state index contributed by atoms with van der Waals surface area (Å²) in [5, 5.41) is 4.09. The highest BCUT2D eigenvalue weighted by molar-refractivity contribution is 7.80. The zero-order chi connectivity index (χ0) is 13.0. The zero-order valence-electron chi connectivity index (χ0n) is 11.0. The van der Waals surface area contributed by atoms with E-state index < -0.39 is 0 Å². The number of likely N-dealkylation sites (tertiary alicyclic amines) is 1. The van der Waals surface area contributed by atoms with E-state index in [1.54, 1.807) is 7.11 Å². The van der Waals surface area contributed by atoms with Crippen molar-refractivity contribution in [1.29, 1.82) is 0 Å². The molecule has 2 rings (SSSR count). The standard InChI is InChI=1S/C14H20N2OS/c1-11-6-7-12(13(10-11)17-2)15-14(18)16-8-4-3-5-9-16/h6-7,10H,3-5,8-9H2,1-2H3,(H,15,18). The molecule has 1 aromatic carbocycles. The fourth-order valence-corrected chi connectivity index (χ4v) is 2.49. The van der Waals surface area contributed by atoms with E-state index in [2.05, 4.69) is 23.2 Å². The summed E-state index contributed by atoms with van der Waals surface area (Å²) in [5.41, 5.74) is 2.12. The molecule has 1 fully saturated rings. The third kappa shape index (κ3) is 3.13. The number of aryl methyl sites for hydroxylation is 1. The van der Waals surface area contributed by atoms with Crippen molar-refractivity contribution in [2.24, 2.45) is 0 Å². The van der Waals surface area contributed by atoms with Gasteiger partial charge in [0.2, 0.25) is 0 Å². The van der Waals surface area contributed by atoms with Crippen LogP contribution in [0.15, 0.2) is 18.2 Å². The third-order valence-electron chi connectivity index (χ3n) is 3.24. The fourth-order valence-electron chi connectivity index (χ4n) is 2.19. The molecule has 0 aromatic heterocycles. The molecule has 1 N–H and O–H groups in total. The molecule has 1 saturated heterocycles. The van der Waals surface area contributed by atoms with Gasteiger partial charge in [0, 0.05) is 13.1 Å². The Hall–Kier alpha value is -1.29. The first kappa shape index (κ1) is 13.1. The van der Waals surface area contributed by atoms with Crippen molar-refractivity contribution in [1.82, 2.24) is 4.90 Å². The maximum absolute atomic E-state index is 5.46. The number of thiocarbonyl (C=S) groups is 1. The van der Waals surface area contributed by atoms with Crippen LogP contribution in [0.1, 0.15) is 24.8 Å². The summed E-state index contributed by atoms with van der Waals surface area (Å²) >= 11 is 5.46. The minimum atomic E-state index is 0.803. The highest BCUT2D eigenvalue weighted by atomic mass is 32.1. The van der Waals surface area contributed by atoms with Crippen LogP contribution in [0.25, 0.3) is 0 Å². The van der Waals surface area contributed by atoms with Crippen molar-refractivity contribution in [2.75, 3.05) is 25.5 Å². The average molecular weight is 264 g/mol. The minimum Gasteiger partial charge on any atom is -0.495 e. The summed E-state index contributed by atoms with van der Waals surface area (Å²) in [5.74, 6) is 0.842. The number of methoxy groups -OCH3 is 1. The molecule has 0 saturated carbocycles. The van der Waals surface area contributed by atoms with Gasteiger partial charge in [0.1, 0.15) is 5.75 Å². The van der Waals surface area contributed by atoms with E-state index in [4.69, 9.17) is 17.0 Å². The maximum atomic E-state index is 5.46. The minimum absolute atomic E-state index is 0.803. The second-order valence-corrected chi connectivity index (χ2v) is 5.07. The van der Waals surface area contributed by atoms with Crippen LogP contribution in [0.3, 0.4) is 0 Å². The lowest BCUT2D eigenvalue weighted by Gasteiger charge is -2.29. The van der Waals surface area contributed by atoms with Gasteiger partial charge in [0.05, 0.1) is 12.8 Å². The summed E-state index contributed by atoms with van der Waals surface area (Å²) in [7, 11) is 1.68. The first-order chi connectivity index (χ1) is 8.70. The predicted octanol–water partition coefficient (Wildman–Crippen LogP) is 3.19. The van der Waals surface area contributed by atoms with Gasteiger partial charge in [0.25, 0.3) is 0 Å². The van der Waals surface area contributed by atoms with E-state index in [9.17, 15) is 0 Å². The Morgan fingerprint density at radius 2 is 2.00 bits per heavy atom. The lowest BCUT2D eigenvalue weighted by Crippen LogP contribution is -2.38. The Labute approximate surface area is 114 Å². The molecule has 1 aliphatic heterocycles. The lowest BCUT2D eigenvalue weighted by atomic mass is 10.1. The van der Waals surface area contributed by atoms with Gasteiger partial charge in [-0.3, -0.25) is 0 Å². The summed E-state index contributed by atoms with van der Waals surface area (Å²) in [6.45, 7) is 4.16. The van der Waals surface area contributed by atoms with Crippen molar-refractivity contribution in [3.05, 3.63) is 23.8 Å². The highest BCUT2D eigenvalue weighted by Crippen LogP contribution is 2.25. The van der Waals surface area contributed by atoms with E-state index in [-0.39, 0.29) is 0 Å². The van der Waals surface area contributed by atoms with Gasteiger partial charge < -0.3 is 15.0 Å². The molecule has 0 aliphatic carbocycles. The van der Waals surface area contributed by atoms with Crippen LogP contribution < -0.4 is 10.1 Å². The largest absolute Gasteiger partial charge is 0.495 e. The second kappa shape index (κ2) is 6.05. The highest BCUT2D eigenvalue weighted by Gasteiger charge is 2.14. The van der Waals surface area contributed by atoms with Gasteiger partial charge in [-0.15, -0.1) is 0 Å². The van der Waals surface area contributed by atoms with Crippen LogP contribution in [0.2, 0.25) is 0 Å². The smallest absolute Gasteiger partial charge is 0.173 e. The van der Waals surface area contributed by atoms with Gasteiger partial charge in [-0.2, -0.15) is 0 Å². The fraction of sp³-hybridized carbons (Fsp3) is 0.500. The summed E-state index contributed by atoms with van der Waals surface area (Å²) in [6, 6.07) is 6.09. The summed E-state index contributed by atoms with van der Waals surface area (Å²) in [4.78, 5) is 2.23. The predicted molar refractivity (Wildman–Crippen MR) is 79.4 cm³/mol. The zero-order valence-corrected chi connectivity index (χ0v) is 11.8. The monoisotopic (exact) mass is 264 g/mol. The number of rotatable bonds is 2. The number of nitrogens with zero attached hydrogens (tertiary/aromatic N) is 1. The molecule has 0 radical (unpaired) electrons. The number of hydrogen-bond donors (Lipinski definition) is 1. The Kier molecular flexibility index (Phi) is 4.42. The molecule has 98 valence electrons. The molecule has 0 amide bonds. The molecular formula is C14H20N2OS. The molecule has 0 spiro atoms. The Morgan fingerprint density at radius 1 is 1.28 bits per heavy atom. The molecule has 0 unspecified atom stereocenters. The van der Waals surface area contributed by atoms with Crippen LogP contribution in [0.4, 0.5) is 5.69 Å². The quantitative estimate of drug-likeness (QED) is 0.829. The first-order valence-electron chi connectivity index (χ1n) is 6.41. The number of ether oxygens (including phenoxy) is 1. The van der Waals surface area contributed by atoms with Crippen LogP contribution in [0.5, 0.6) is 5.75 Å². The van der Waals surface area contributed by atoms with E-state index in [1.807, 2.05) is 12.1 Å². The van der Waals surface area contributed by atoms with E-state index in [0.29, 0.717) is 0 Å². The van der Waals surface area contributed by atoms with E-state index >= 15 is 0 Å². The Bertz CT molecular complexity index is 428. The summed E-state index contributed by atoms with van der Waals surface area (Å²) < 4.78 is 5.37. The van der Waals surface area contributed by atoms with Crippen molar-refractivity contribution in [3.63, 3.8) is 0 Å². The van der Waals surface area contributed by atoms with E-state index in [0.717, 1.165) is 29.6 Å². The van der Waals surface area contributed by atoms with Crippen molar-refractivity contribution in [2.45, 2.75) is 26.2 Å². The number of nitrogens with one attached hydrogen (secondary N) is 1. The Morgan fingerprint density at radius 3 is 2.67 bits per heavy atom. The summed E-state index contributed by atoms with van der Waals surface area (Å²) in [6.07, 6.45) is 3.77. The van der Waals surface area contributed by atoms with Crippen molar-refractivity contribution in [3.8, 4) is 5.75 Å². The molecular weight excluding hydrogens is 244 g/mol. The topological polar surface area (TPSA) is 24.5 Å². The second-order valence-electron chi connectivity index (χ2n) is 4.68. The average Bonchev–Trinajstić information content (AvgIpc) is 2.41.